The highest BCUT2D eigenvalue weighted by molar-refractivity contribution is 5.21. The van der Waals surface area contributed by atoms with Crippen LogP contribution in [0.4, 0.5) is 0 Å². The summed E-state index contributed by atoms with van der Waals surface area (Å²) < 4.78 is 0. The van der Waals surface area contributed by atoms with Gasteiger partial charge in [0.1, 0.15) is 0 Å². The summed E-state index contributed by atoms with van der Waals surface area (Å²) in [6.07, 6.45) is 54.0. The van der Waals surface area contributed by atoms with Crippen LogP contribution in [0.1, 0.15) is 77.0 Å². The van der Waals surface area contributed by atoms with Crippen LogP contribution in [-0.2, 0) is 0 Å². The van der Waals surface area contributed by atoms with E-state index in [2.05, 4.69) is 72.9 Å². The van der Waals surface area contributed by atoms with Crippen LogP contribution in [0.3, 0.4) is 0 Å². The Bertz CT molecular complexity index is 573. The van der Waals surface area contributed by atoms with E-state index in [1.807, 2.05) is 36.5 Å². The lowest BCUT2D eigenvalue weighted by molar-refractivity contribution is 0.553. The van der Waals surface area contributed by atoms with Crippen molar-refractivity contribution in [2.75, 3.05) is 0 Å². The molecule has 162 valence electrons. The molecule has 0 saturated carbocycles. The van der Waals surface area contributed by atoms with Crippen molar-refractivity contribution >= 4 is 0 Å². The molecule has 0 aliphatic heterocycles. The first-order valence-corrected chi connectivity index (χ1v) is 12.0. The fraction of sp³-hybridized carbons (Fsp3) is 0.400. The van der Waals surface area contributed by atoms with E-state index >= 15 is 0 Å². The molecule has 0 aromatic carbocycles. The molecule has 30 heavy (non-hydrogen) atoms. The lowest BCUT2D eigenvalue weighted by Gasteiger charge is -2.01. The molecule has 0 bridgehead atoms. The quantitative estimate of drug-likeness (QED) is 0.378. The van der Waals surface area contributed by atoms with Gasteiger partial charge >= 0.3 is 0 Å². The smallest absolute Gasteiger partial charge is 0.0348 e. The lowest BCUT2D eigenvalue weighted by Crippen LogP contribution is -1.82. The highest BCUT2D eigenvalue weighted by Gasteiger charge is 1.92. The van der Waals surface area contributed by atoms with E-state index in [1.54, 1.807) is 0 Å². The standard InChI is InChI=1S/C30H42/c1-2-4-6-8-10-12-14-16-18-20-22-24-26-28-30-29-27-25-23-21-19-17-15-13-11-9-7-5-3-1/h1-18H,19-30H2/b2-1-,5-3-,6-4-,9-7-,10-8-,13-11-,14-12-,17-15-,18-16?. The van der Waals surface area contributed by atoms with Crippen LogP contribution < -0.4 is 0 Å². The summed E-state index contributed by atoms with van der Waals surface area (Å²) in [7, 11) is 0. The fourth-order valence-electron chi connectivity index (χ4n) is 3.19. The van der Waals surface area contributed by atoms with Crippen molar-refractivity contribution in [3.63, 3.8) is 0 Å². The third-order valence-corrected chi connectivity index (χ3v) is 4.93. The molecule has 0 amide bonds. The molecule has 1 aliphatic rings. The van der Waals surface area contributed by atoms with E-state index < -0.39 is 0 Å². The Morgan fingerprint density at radius 2 is 0.400 bits per heavy atom. The predicted molar refractivity (Wildman–Crippen MR) is 138 cm³/mol. The van der Waals surface area contributed by atoms with Crippen LogP contribution in [-0.4, -0.2) is 0 Å². The van der Waals surface area contributed by atoms with Gasteiger partial charge in [0.15, 0.2) is 0 Å². The average molecular weight is 403 g/mol. The molecule has 0 N–H and O–H groups in total. The molecular formula is C30H42. The summed E-state index contributed by atoms with van der Waals surface area (Å²) in [5.74, 6) is 0. The summed E-state index contributed by atoms with van der Waals surface area (Å²) in [6.45, 7) is 0. The van der Waals surface area contributed by atoms with Gasteiger partial charge < -0.3 is 0 Å². The topological polar surface area (TPSA) is 0 Å². The van der Waals surface area contributed by atoms with Crippen LogP contribution in [0.25, 0.3) is 0 Å². The second-order valence-electron chi connectivity index (χ2n) is 7.66. The molecule has 1 rings (SSSR count). The Morgan fingerprint density at radius 1 is 0.200 bits per heavy atom. The van der Waals surface area contributed by atoms with E-state index in [9.17, 15) is 0 Å². The predicted octanol–water partition coefficient (Wildman–Crippen LogP) is 9.69. The Morgan fingerprint density at radius 3 is 0.667 bits per heavy atom. The molecule has 1 aliphatic carbocycles. The second kappa shape index (κ2) is 22.9. The molecule has 0 unspecified atom stereocenters. The largest absolute Gasteiger partial charge is 0.0845 e. The monoisotopic (exact) mass is 402 g/mol. The molecule has 0 aromatic rings. The van der Waals surface area contributed by atoms with Crippen molar-refractivity contribution in [2.45, 2.75) is 77.0 Å². The van der Waals surface area contributed by atoms with E-state index in [0.29, 0.717) is 0 Å². The lowest BCUT2D eigenvalue weighted by atomic mass is 10.0. The van der Waals surface area contributed by atoms with Gasteiger partial charge in [0.05, 0.1) is 0 Å². The maximum Gasteiger partial charge on any atom is -0.0348 e. The minimum atomic E-state index is 1.20. The van der Waals surface area contributed by atoms with Crippen molar-refractivity contribution in [3.05, 3.63) is 109 Å². The van der Waals surface area contributed by atoms with E-state index in [1.165, 1.54) is 77.0 Å². The van der Waals surface area contributed by atoms with Crippen molar-refractivity contribution in [1.82, 2.24) is 0 Å². The average Bonchev–Trinajstić information content (AvgIpc) is 2.76. The van der Waals surface area contributed by atoms with Crippen molar-refractivity contribution < 1.29 is 0 Å². The Hall–Kier alpha value is -2.34. The number of allylic oxidation sites excluding steroid dienone is 18. The third-order valence-electron chi connectivity index (χ3n) is 4.93. The molecule has 0 spiro atoms. The van der Waals surface area contributed by atoms with Gasteiger partial charge in [-0.3, -0.25) is 0 Å². The van der Waals surface area contributed by atoms with Gasteiger partial charge in [-0.25, -0.2) is 0 Å². The Labute approximate surface area is 186 Å². The van der Waals surface area contributed by atoms with Crippen molar-refractivity contribution in [1.29, 1.82) is 0 Å². The van der Waals surface area contributed by atoms with Crippen LogP contribution in [0, 0.1) is 0 Å². The molecule has 0 saturated heterocycles. The van der Waals surface area contributed by atoms with E-state index in [-0.39, 0.29) is 0 Å². The summed E-state index contributed by atoms with van der Waals surface area (Å²) in [4.78, 5) is 0. The number of hydrogen-bond acceptors (Lipinski definition) is 0. The van der Waals surface area contributed by atoms with E-state index in [4.69, 9.17) is 0 Å². The zero-order valence-corrected chi connectivity index (χ0v) is 18.9. The summed E-state index contributed by atoms with van der Waals surface area (Å²) >= 11 is 0. The van der Waals surface area contributed by atoms with Gasteiger partial charge in [-0.2, -0.15) is 0 Å². The zero-order valence-electron chi connectivity index (χ0n) is 18.9. The van der Waals surface area contributed by atoms with Crippen LogP contribution in [0.5, 0.6) is 0 Å². The minimum Gasteiger partial charge on any atom is -0.0845 e. The maximum absolute atomic E-state index is 2.29. The molecule has 0 heteroatoms. The number of hydrogen-bond donors (Lipinski definition) is 0. The molecular weight excluding hydrogens is 360 g/mol. The van der Waals surface area contributed by atoms with Crippen molar-refractivity contribution in [3.8, 4) is 0 Å². The highest BCUT2D eigenvalue weighted by Crippen LogP contribution is 2.12. The van der Waals surface area contributed by atoms with Gasteiger partial charge in [-0.1, -0.05) is 161 Å². The van der Waals surface area contributed by atoms with Crippen molar-refractivity contribution in [2.24, 2.45) is 0 Å². The maximum atomic E-state index is 2.29. The molecule has 0 nitrogen and oxygen atoms in total. The number of rotatable bonds is 0. The van der Waals surface area contributed by atoms with Crippen LogP contribution in [0.2, 0.25) is 0 Å². The van der Waals surface area contributed by atoms with Gasteiger partial charge in [0, 0.05) is 0 Å². The first-order chi connectivity index (χ1) is 15.0. The third kappa shape index (κ3) is 20.4. The van der Waals surface area contributed by atoms with E-state index in [0.717, 1.165) is 0 Å². The van der Waals surface area contributed by atoms with Gasteiger partial charge in [-0.15, -0.1) is 0 Å². The minimum absolute atomic E-state index is 1.20. The SMILES string of the molecule is C1=CCCCCCCCCCCCC\C=C/C=C\C=C/C=C\C=C/C=C\C=C/C=C\1. The molecule has 0 fully saturated rings. The summed E-state index contributed by atoms with van der Waals surface area (Å²) in [5, 5.41) is 0. The molecule has 0 radical (unpaired) electrons. The van der Waals surface area contributed by atoms with Gasteiger partial charge in [0.2, 0.25) is 0 Å². The van der Waals surface area contributed by atoms with Gasteiger partial charge in [-0.05, 0) is 25.7 Å². The first-order valence-electron chi connectivity index (χ1n) is 12.0. The second-order valence-corrected chi connectivity index (χ2v) is 7.66. The normalized spacial score (nSPS) is 27.7. The fourth-order valence-corrected chi connectivity index (χ4v) is 3.19. The van der Waals surface area contributed by atoms with Crippen LogP contribution >= 0.6 is 0 Å². The Balaban J connectivity index is 2.38. The molecule has 0 aromatic heterocycles. The first kappa shape index (κ1) is 25.7. The van der Waals surface area contributed by atoms with Gasteiger partial charge in [0.25, 0.3) is 0 Å². The molecule has 0 atom stereocenters. The Kier molecular flexibility index (Phi) is 19.7. The summed E-state index contributed by atoms with van der Waals surface area (Å²) in [6, 6.07) is 0. The van der Waals surface area contributed by atoms with Crippen LogP contribution in [0.15, 0.2) is 109 Å². The summed E-state index contributed by atoms with van der Waals surface area (Å²) in [5.41, 5.74) is 0. The molecule has 0 heterocycles. The highest BCUT2D eigenvalue weighted by atomic mass is 14.0. The zero-order chi connectivity index (χ0) is 21.2.